The monoisotopic (exact) mass is 364 g/mol. The van der Waals surface area contributed by atoms with E-state index >= 15 is 0 Å². The van der Waals surface area contributed by atoms with Crippen LogP contribution in [0.2, 0.25) is 0 Å². The highest BCUT2D eigenvalue weighted by Gasteiger charge is 2.25. The van der Waals surface area contributed by atoms with Gasteiger partial charge in [-0.1, -0.05) is 6.07 Å². The zero-order chi connectivity index (χ0) is 19.0. The number of carbonyl (C=O) groups is 1. The molecule has 0 radical (unpaired) electrons. The number of fused-ring (bicyclic) bond motifs is 1. The first kappa shape index (κ1) is 17.5. The molecule has 1 saturated heterocycles. The lowest BCUT2D eigenvalue weighted by molar-refractivity contribution is 0.0682. The molecule has 6 nitrogen and oxygen atoms in total. The number of likely N-dealkylation sites (tertiary alicyclic amines) is 1. The normalized spacial score (nSPS) is 15.4. The van der Waals surface area contributed by atoms with Crippen LogP contribution in [0.5, 0.6) is 0 Å². The van der Waals surface area contributed by atoms with E-state index in [0.717, 1.165) is 42.7 Å². The summed E-state index contributed by atoms with van der Waals surface area (Å²) in [6, 6.07) is 7.86. The number of amides is 1. The fourth-order valence-corrected chi connectivity index (χ4v) is 3.76. The van der Waals surface area contributed by atoms with E-state index in [1.165, 1.54) is 0 Å². The maximum absolute atomic E-state index is 12.8. The summed E-state index contributed by atoms with van der Waals surface area (Å²) in [7, 11) is 0. The molecule has 1 amide bonds. The Kier molecular flexibility index (Phi) is 4.56. The lowest BCUT2D eigenvalue weighted by atomic mass is 9.96. The number of pyridine rings is 1. The molecule has 0 aliphatic carbocycles. The molecule has 0 N–H and O–H groups in total. The number of rotatable bonds is 3. The van der Waals surface area contributed by atoms with Gasteiger partial charge in [-0.15, -0.1) is 0 Å². The molecule has 0 bridgehead atoms. The van der Waals surface area contributed by atoms with Crippen LogP contribution in [-0.2, 0) is 6.54 Å². The quantitative estimate of drug-likeness (QED) is 0.718. The molecule has 1 aliphatic heterocycles. The molecule has 0 aromatic carbocycles. The standard InChI is InChI=1S/C21H24N4O2/c1-15-16(2)22-14-25(20(15)26)12-17-6-9-23(10-7-17)21(27)18-11-19-5-3-4-8-24(19)13-18/h3-5,8,11,13-14,17H,6-7,9-10,12H2,1-2H3. The van der Waals surface area contributed by atoms with Crippen molar-refractivity contribution >= 4 is 11.4 Å². The van der Waals surface area contributed by atoms with E-state index in [4.69, 9.17) is 0 Å². The Morgan fingerprint density at radius 2 is 2.00 bits per heavy atom. The molecular formula is C21H24N4O2. The minimum Gasteiger partial charge on any atom is -0.339 e. The van der Waals surface area contributed by atoms with E-state index in [9.17, 15) is 9.59 Å². The van der Waals surface area contributed by atoms with Crippen molar-refractivity contribution in [2.24, 2.45) is 5.92 Å². The summed E-state index contributed by atoms with van der Waals surface area (Å²) in [4.78, 5) is 31.4. The zero-order valence-corrected chi connectivity index (χ0v) is 15.8. The lowest BCUT2D eigenvalue weighted by Crippen LogP contribution is -2.40. The molecule has 0 unspecified atom stereocenters. The van der Waals surface area contributed by atoms with Crippen LogP contribution in [0.3, 0.4) is 0 Å². The van der Waals surface area contributed by atoms with Gasteiger partial charge in [0.2, 0.25) is 0 Å². The molecule has 4 heterocycles. The van der Waals surface area contributed by atoms with Crippen LogP contribution in [0, 0.1) is 19.8 Å². The number of aromatic nitrogens is 3. The summed E-state index contributed by atoms with van der Waals surface area (Å²) in [5.41, 5.74) is 3.30. The average molecular weight is 364 g/mol. The predicted octanol–water partition coefficient (Wildman–Crippen LogP) is 2.67. The Labute approximate surface area is 158 Å². The van der Waals surface area contributed by atoms with Crippen molar-refractivity contribution in [3.63, 3.8) is 0 Å². The van der Waals surface area contributed by atoms with Gasteiger partial charge in [0, 0.05) is 48.8 Å². The molecule has 0 saturated carbocycles. The summed E-state index contributed by atoms with van der Waals surface area (Å²) >= 11 is 0. The fraction of sp³-hybridized carbons (Fsp3) is 0.381. The van der Waals surface area contributed by atoms with E-state index in [1.54, 1.807) is 10.9 Å². The van der Waals surface area contributed by atoms with Crippen LogP contribution in [0.4, 0.5) is 0 Å². The highest BCUT2D eigenvalue weighted by atomic mass is 16.2. The summed E-state index contributed by atoms with van der Waals surface area (Å²) in [6.45, 7) is 5.80. The maximum Gasteiger partial charge on any atom is 0.256 e. The van der Waals surface area contributed by atoms with Crippen LogP contribution >= 0.6 is 0 Å². The molecule has 3 aromatic heterocycles. The van der Waals surface area contributed by atoms with Crippen LogP contribution < -0.4 is 5.56 Å². The van der Waals surface area contributed by atoms with Crippen molar-refractivity contribution < 1.29 is 4.79 Å². The van der Waals surface area contributed by atoms with Gasteiger partial charge in [0.15, 0.2) is 0 Å². The van der Waals surface area contributed by atoms with Gasteiger partial charge in [-0.05, 0) is 50.8 Å². The minimum atomic E-state index is 0.0431. The molecule has 1 aliphatic rings. The number of piperidine rings is 1. The Morgan fingerprint density at radius 1 is 1.22 bits per heavy atom. The minimum absolute atomic E-state index is 0.0431. The second-order valence-electron chi connectivity index (χ2n) is 7.41. The number of carbonyl (C=O) groups excluding carboxylic acids is 1. The largest absolute Gasteiger partial charge is 0.339 e. The van der Waals surface area contributed by atoms with E-state index in [1.807, 2.05) is 59.8 Å². The second-order valence-corrected chi connectivity index (χ2v) is 7.41. The highest BCUT2D eigenvalue weighted by molar-refractivity contribution is 5.95. The van der Waals surface area contributed by atoms with Crippen LogP contribution in [0.25, 0.3) is 5.52 Å². The maximum atomic E-state index is 12.8. The molecule has 6 heteroatoms. The van der Waals surface area contributed by atoms with Crippen molar-refractivity contribution in [2.45, 2.75) is 33.2 Å². The first-order valence-electron chi connectivity index (χ1n) is 9.41. The van der Waals surface area contributed by atoms with Crippen molar-refractivity contribution in [3.05, 3.63) is 70.2 Å². The third-order valence-corrected chi connectivity index (χ3v) is 5.62. The van der Waals surface area contributed by atoms with E-state index in [2.05, 4.69) is 4.98 Å². The SMILES string of the molecule is Cc1ncn(CC2CCN(C(=O)c3cc4ccccn4c3)CC2)c(=O)c1C. The van der Waals surface area contributed by atoms with Gasteiger partial charge >= 0.3 is 0 Å². The lowest BCUT2D eigenvalue weighted by Gasteiger charge is -2.32. The van der Waals surface area contributed by atoms with Crippen molar-refractivity contribution in [1.82, 2.24) is 18.9 Å². The van der Waals surface area contributed by atoms with Crippen molar-refractivity contribution in [1.29, 1.82) is 0 Å². The Morgan fingerprint density at radius 3 is 2.74 bits per heavy atom. The Hall–Kier alpha value is -2.89. The summed E-state index contributed by atoms with van der Waals surface area (Å²) in [6.07, 6.45) is 7.30. The molecule has 0 atom stereocenters. The average Bonchev–Trinajstić information content (AvgIpc) is 3.13. The number of hydrogen-bond donors (Lipinski definition) is 0. The topological polar surface area (TPSA) is 59.6 Å². The third kappa shape index (κ3) is 3.39. The van der Waals surface area contributed by atoms with Crippen LogP contribution in [0.1, 0.15) is 34.5 Å². The molecule has 3 aromatic rings. The molecule has 140 valence electrons. The number of aryl methyl sites for hydroxylation is 1. The van der Waals surface area contributed by atoms with Crippen LogP contribution in [0.15, 0.2) is 47.8 Å². The number of hydrogen-bond acceptors (Lipinski definition) is 3. The molecule has 4 rings (SSSR count). The second kappa shape index (κ2) is 7.02. The summed E-state index contributed by atoms with van der Waals surface area (Å²) < 4.78 is 3.68. The van der Waals surface area contributed by atoms with Gasteiger partial charge in [0.1, 0.15) is 0 Å². The van der Waals surface area contributed by atoms with E-state index in [-0.39, 0.29) is 11.5 Å². The van der Waals surface area contributed by atoms with Gasteiger partial charge in [0.25, 0.3) is 11.5 Å². The molecule has 1 fully saturated rings. The molecule has 27 heavy (non-hydrogen) atoms. The van der Waals surface area contributed by atoms with Crippen molar-refractivity contribution in [3.8, 4) is 0 Å². The summed E-state index contributed by atoms with van der Waals surface area (Å²) in [5, 5.41) is 0. The smallest absolute Gasteiger partial charge is 0.256 e. The first-order chi connectivity index (χ1) is 13.0. The van der Waals surface area contributed by atoms with E-state index < -0.39 is 0 Å². The van der Waals surface area contributed by atoms with Gasteiger partial charge in [0.05, 0.1) is 11.9 Å². The zero-order valence-electron chi connectivity index (χ0n) is 15.8. The first-order valence-corrected chi connectivity index (χ1v) is 9.41. The Bertz CT molecular complexity index is 1010. The Balaban J connectivity index is 1.40. The molecular weight excluding hydrogens is 340 g/mol. The number of nitrogens with zero attached hydrogens (tertiary/aromatic N) is 4. The van der Waals surface area contributed by atoms with Gasteiger partial charge < -0.3 is 9.30 Å². The van der Waals surface area contributed by atoms with Gasteiger partial charge in [-0.2, -0.15) is 0 Å². The van der Waals surface area contributed by atoms with Crippen molar-refractivity contribution in [2.75, 3.05) is 13.1 Å². The third-order valence-electron chi connectivity index (χ3n) is 5.62. The fourth-order valence-electron chi connectivity index (χ4n) is 3.76. The highest BCUT2D eigenvalue weighted by Crippen LogP contribution is 2.21. The van der Waals surface area contributed by atoms with Gasteiger partial charge in [-0.3, -0.25) is 14.2 Å². The van der Waals surface area contributed by atoms with E-state index in [0.29, 0.717) is 18.0 Å². The predicted molar refractivity (Wildman–Crippen MR) is 104 cm³/mol. The summed E-state index contributed by atoms with van der Waals surface area (Å²) in [5.74, 6) is 0.478. The van der Waals surface area contributed by atoms with Crippen LogP contribution in [-0.4, -0.2) is 37.8 Å². The molecule has 0 spiro atoms. The van der Waals surface area contributed by atoms with Gasteiger partial charge in [-0.25, -0.2) is 4.98 Å².